The van der Waals surface area contributed by atoms with Gasteiger partial charge in [0, 0.05) is 23.3 Å². The van der Waals surface area contributed by atoms with E-state index in [9.17, 15) is 5.11 Å². The van der Waals surface area contributed by atoms with E-state index in [1.165, 1.54) is 5.56 Å². The van der Waals surface area contributed by atoms with Crippen LogP contribution in [-0.2, 0) is 12.0 Å². The van der Waals surface area contributed by atoms with Crippen molar-refractivity contribution >= 4 is 15.9 Å². The number of pyridine rings is 1. The zero-order valence-corrected chi connectivity index (χ0v) is 19.0. The van der Waals surface area contributed by atoms with Crippen LogP contribution in [0.15, 0.2) is 71.3 Å². The summed E-state index contributed by atoms with van der Waals surface area (Å²) in [5, 5.41) is 10.4. The smallest absolute Gasteiger partial charge is 0.118 e. The maximum atomic E-state index is 15.1. The van der Waals surface area contributed by atoms with Crippen molar-refractivity contribution in [3.8, 4) is 5.75 Å². The van der Waals surface area contributed by atoms with Crippen molar-refractivity contribution in [1.29, 1.82) is 0 Å². The number of phenols is 1. The van der Waals surface area contributed by atoms with Crippen molar-refractivity contribution in [2.24, 2.45) is 0 Å². The Morgan fingerprint density at radius 2 is 1.93 bits per heavy atom. The molecule has 0 spiro atoms. The molecule has 0 saturated heterocycles. The molecule has 30 heavy (non-hydrogen) atoms. The Labute approximate surface area is 185 Å². The minimum atomic E-state index is -1.40. The molecule has 0 bridgehead atoms. The molecule has 0 amide bonds. The monoisotopic (exact) mass is 468 g/mol. The molecule has 2 heterocycles. The van der Waals surface area contributed by atoms with Crippen LogP contribution < -0.4 is 0 Å². The van der Waals surface area contributed by atoms with E-state index in [0.717, 1.165) is 27.7 Å². The van der Waals surface area contributed by atoms with Gasteiger partial charge in [-0.1, -0.05) is 36.4 Å². The highest BCUT2D eigenvalue weighted by Gasteiger charge is 2.50. The van der Waals surface area contributed by atoms with Crippen molar-refractivity contribution < 1.29 is 9.50 Å². The van der Waals surface area contributed by atoms with Crippen LogP contribution in [0.3, 0.4) is 0 Å². The topological polar surface area (TPSA) is 36.4 Å². The molecular formula is C25H26BrFN2O. The van der Waals surface area contributed by atoms with Crippen molar-refractivity contribution in [2.75, 3.05) is 6.54 Å². The van der Waals surface area contributed by atoms with Gasteiger partial charge in [-0.05, 0) is 84.1 Å². The largest absolute Gasteiger partial charge is 0.508 e. The van der Waals surface area contributed by atoms with Gasteiger partial charge in [0.15, 0.2) is 0 Å². The number of alkyl halides is 1. The van der Waals surface area contributed by atoms with Gasteiger partial charge < -0.3 is 5.11 Å². The van der Waals surface area contributed by atoms with Crippen molar-refractivity contribution in [3.05, 3.63) is 93.7 Å². The Bertz CT molecular complexity index is 1050. The summed E-state index contributed by atoms with van der Waals surface area (Å²) in [5.41, 5.74) is 1.74. The van der Waals surface area contributed by atoms with E-state index >= 15 is 4.39 Å². The predicted molar refractivity (Wildman–Crippen MR) is 121 cm³/mol. The van der Waals surface area contributed by atoms with Gasteiger partial charge >= 0.3 is 0 Å². The number of phenolic OH excluding ortho intramolecular Hbond substituents is 1. The standard InChI is InChI=1S/C25H26BrFN2O/c1-17-13-18-7-4-5-10-22(18)25(29(17)16-24(2,3)27,19-8-6-9-21(30)14-19)23-12-11-20(26)15-28-23/h4-12,14-15,17,30H,13,16H2,1-3H3/t17-,25+/m1/s1. The molecule has 0 fully saturated rings. The molecule has 0 aliphatic carbocycles. The molecule has 3 nitrogen and oxygen atoms in total. The van der Waals surface area contributed by atoms with E-state index < -0.39 is 11.2 Å². The van der Waals surface area contributed by atoms with Crippen LogP contribution in [0.4, 0.5) is 4.39 Å². The number of fused-ring (bicyclic) bond motifs is 1. The van der Waals surface area contributed by atoms with E-state index in [0.29, 0.717) is 0 Å². The highest BCUT2D eigenvalue weighted by atomic mass is 79.9. The molecule has 5 heteroatoms. The second kappa shape index (κ2) is 7.78. The molecule has 0 radical (unpaired) electrons. The van der Waals surface area contributed by atoms with Crippen molar-refractivity contribution in [3.63, 3.8) is 0 Å². The normalized spacial score (nSPS) is 22.0. The summed E-state index contributed by atoms with van der Waals surface area (Å²) in [4.78, 5) is 7.01. The van der Waals surface area contributed by atoms with Gasteiger partial charge in [0.1, 0.15) is 17.0 Å². The van der Waals surface area contributed by atoms with Gasteiger partial charge in [0.05, 0.1) is 5.69 Å². The molecule has 0 unspecified atom stereocenters. The van der Waals surface area contributed by atoms with Crippen molar-refractivity contribution in [1.82, 2.24) is 9.88 Å². The minimum Gasteiger partial charge on any atom is -0.508 e. The van der Waals surface area contributed by atoms with Crippen molar-refractivity contribution in [2.45, 2.75) is 44.4 Å². The zero-order valence-electron chi connectivity index (χ0n) is 17.4. The highest BCUT2D eigenvalue weighted by molar-refractivity contribution is 9.10. The first kappa shape index (κ1) is 21.0. The number of aromatic hydroxyl groups is 1. The van der Waals surface area contributed by atoms with Gasteiger partial charge in [-0.15, -0.1) is 0 Å². The Hall–Kier alpha value is -2.24. The number of hydrogen-bond acceptors (Lipinski definition) is 3. The third kappa shape index (κ3) is 3.65. The van der Waals surface area contributed by atoms with Crippen LogP contribution >= 0.6 is 15.9 Å². The molecule has 1 N–H and O–H groups in total. The molecular weight excluding hydrogens is 443 g/mol. The summed E-state index contributed by atoms with van der Waals surface area (Å²) in [7, 11) is 0. The maximum Gasteiger partial charge on any atom is 0.118 e. The first-order chi connectivity index (χ1) is 14.2. The van der Waals surface area contributed by atoms with Gasteiger partial charge in [0.2, 0.25) is 0 Å². The molecule has 156 valence electrons. The highest BCUT2D eigenvalue weighted by Crippen LogP contribution is 2.48. The van der Waals surface area contributed by atoms with Crippen LogP contribution in [0.25, 0.3) is 0 Å². The number of benzene rings is 2. The Balaban J connectivity index is 2.11. The Kier molecular flexibility index (Phi) is 5.45. The molecule has 1 aliphatic rings. The Morgan fingerprint density at radius 3 is 2.60 bits per heavy atom. The fourth-order valence-corrected chi connectivity index (χ4v) is 4.95. The Morgan fingerprint density at radius 1 is 1.17 bits per heavy atom. The van der Waals surface area contributed by atoms with Crippen LogP contribution in [-0.4, -0.2) is 33.2 Å². The second-order valence-electron chi connectivity index (χ2n) is 8.68. The average molecular weight is 469 g/mol. The van der Waals surface area contributed by atoms with Gasteiger partial charge in [-0.3, -0.25) is 9.88 Å². The third-order valence-electron chi connectivity index (χ3n) is 5.79. The zero-order chi connectivity index (χ0) is 21.5. The molecule has 4 rings (SSSR count). The lowest BCUT2D eigenvalue weighted by Crippen LogP contribution is -2.59. The fraction of sp³-hybridized carbons (Fsp3) is 0.320. The quantitative estimate of drug-likeness (QED) is 0.522. The van der Waals surface area contributed by atoms with E-state index in [4.69, 9.17) is 4.98 Å². The van der Waals surface area contributed by atoms with Gasteiger partial charge in [0.25, 0.3) is 0 Å². The molecule has 1 aliphatic heterocycles. The number of aromatic nitrogens is 1. The molecule has 3 aromatic rings. The first-order valence-corrected chi connectivity index (χ1v) is 11.0. The van der Waals surface area contributed by atoms with Crippen LogP contribution in [0.2, 0.25) is 0 Å². The van der Waals surface area contributed by atoms with Gasteiger partial charge in [-0.2, -0.15) is 0 Å². The number of halogens is 2. The molecule has 1 aromatic heterocycles. The van der Waals surface area contributed by atoms with E-state index in [1.807, 2.05) is 36.4 Å². The van der Waals surface area contributed by atoms with E-state index in [-0.39, 0.29) is 18.3 Å². The van der Waals surface area contributed by atoms with E-state index in [1.54, 1.807) is 32.2 Å². The van der Waals surface area contributed by atoms with Crippen LogP contribution in [0, 0.1) is 0 Å². The summed E-state index contributed by atoms with van der Waals surface area (Å²) in [5.74, 6) is 0.180. The number of rotatable bonds is 4. The van der Waals surface area contributed by atoms with Crippen LogP contribution in [0.5, 0.6) is 5.75 Å². The predicted octanol–water partition coefficient (Wildman–Crippen LogP) is 5.84. The lowest BCUT2D eigenvalue weighted by atomic mass is 9.71. The first-order valence-electron chi connectivity index (χ1n) is 10.2. The number of hydrogen-bond donors (Lipinski definition) is 1. The third-order valence-corrected chi connectivity index (χ3v) is 6.26. The second-order valence-corrected chi connectivity index (χ2v) is 9.59. The molecule has 2 aromatic carbocycles. The average Bonchev–Trinajstić information content (AvgIpc) is 2.69. The summed E-state index contributed by atoms with van der Waals surface area (Å²) < 4.78 is 16.0. The van der Waals surface area contributed by atoms with Gasteiger partial charge in [-0.25, -0.2) is 4.39 Å². The summed E-state index contributed by atoms with van der Waals surface area (Å²) in [6, 6.07) is 19.6. The summed E-state index contributed by atoms with van der Waals surface area (Å²) in [6.45, 7) is 5.60. The lowest BCUT2D eigenvalue weighted by molar-refractivity contribution is 0.0293. The summed E-state index contributed by atoms with van der Waals surface area (Å²) in [6.07, 6.45) is 2.60. The lowest BCUT2D eigenvalue weighted by Gasteiger charge is -2.52. The molecule has 2 atom stereocenters. The fourth-order valence-electron chi connectivity index (χ4n) is 4.72. The number of nitrogens with zero attached hydrogens (tertiary/aromatic N) is 2. The summed E-state index contributed by atoms with van der Waals surface area (Å²) >= 11 is 3.49. The minimum absolute atomic E-state index is 0.0720. The van der Waals surface area contributed by atoms with Crippen LogP contribution in [0.1, 0.15) is 43.2 Å². The van der Waals surface area contributed by atoms with E-state index in [2.05, 4.69) is 39.9 Å². The maximum absolute atomic E-state index is 15.1. The SMILES string of the molecule is C[C@@H]1Cc2ccccc2[C@@](c2cccc(O)c2)(c2ccc(Br)cn2)N1CC(C)(C)F. The molecule has 0 saturated carbocycles.